The smallest absolute Gasteiger partial charge is 0.420 e. The summed E-state index contributed by atoms with van der Waals surface area (Å²) >= 11 is 0. The Morgan fingerprint density at radius 1 is 1.42 bits per heavy atom. The van der Waals surface area contributed by atoms with Crippen LogP contribution in [0.25, 0.3) is 0 Å². The Morgan fingerprint density at radius 3 is 2.63 bits per heavy atom. The standard InChI is InChI=1S/C13H15F3N2O/c1-9(7-18-2)8-19-12-4-3-10(6-17)5-11(12)13(14,15)16/h3-5,9,18H,7-8H2,1-2H3. The summed E-state index contributed by atoms with van der Waals surface area (Å²) in [7, 11) is 1.76. The first-order valence-corrected chi connectivity index (χ1v) is 5.77. The van der Waals surface area contributed by atoms with Crippen molar-refractivity contribution in [2.24, 2.45) is 5.92 Å². The maximum absolute atomic E-state index is 12.8. The lowest BCUT2D eigenvalue weighted by Crippen LogP contribution is -2.22. The van der Waals surface area contributed by atoms with E-state index < -0.39 is 11.7 Å². The second-order valence-corrected chi connectivity index (χ2v) is 4.29. The number of hydrogen-bond acceptors (Lipinski definition) is 3. The zero-order chi connectivity index (χ0) is 14.5. The van der Waals surface area contributed by atoms with Crippen molar-refractivity contribution in [3.8, 4) is 11.8 Å². The number of ether oxygens (including phenoxy) is 1. The summed E-state index contributed by atoms with van der Waals surface area (Å²) in [4.78, 5) is 0. The number of rotatable bonds is 5. The van der Waals surface area contributed by atoms with Crippen molar-refractivity contribution in [1.82, 2.24) is 5.32 Å². The number of hydrogen-bond donors (Lipinski definition) is 1. The van der Waals surface area contributed by atoms with E-state index in [1.807, 2.05) is 6.92 Å². The average Bonchev–Trinajstić information content (AvgIpc) is 2.35. The van der Waals surface area contributed by atoms with Gasteiger partial charge in [0.15, 0.2) is 0 Å². The molecule has 0 aromatic heterocycles. The highest BCUT2D eigenvalue weighted by Crippen LogP contribution is 2.36. The van der Waals surface area contributed by atoms with E-state index in [9.17, 15) is 13.2 Å². The Hall–Kier alpha value is -1.74. The Morgan fingerprint density at radius 2 is 2.11 bits per heavy atom. The van der Waals surface area contributed by atoms with Crippen LogP contribution in [-0.4, -0.2) is 20.2 Å². The van der Waals surface area contributed by atoms with E-state index in [1.165, 1.54) is 12.1 Å². The zero-order valence-corrected chi connectivity index (χ0v) is 10.7. The van der Waals surface area contributed by atoms with Gasteiger partial charge in [0.05, 0.1) is 23.8 Å². The molecule has 104 valence electrons. The first-order valence-electron chi connectivity index (χ1n) is 5.77. The lowest BCUT2D eigenvalue weighted by molar-refractivity contribution is -0.139. The van der Waals surface area contributed by atoms with Crippen LogP contribution in [0.15, 0.2) is 18.2 Å². The molecule has 0 amide bonds. The van der Waals surface area contributed by atoms with Gasteiger partial charge in [0, 0.05) is 12.5 Å². The van der Waals surface area contributed by atoms with E-state index in [0.29, 0.717) is 6.54 Å². The molecule has 0 heterocycles. The number of nitrogens with one attached hydrogen (secondary N) is 1. The van der Waals surface area contributed by atoms with Gasteiger partial charge in [-0.05, 0) is 25.2 Å². The molecule has 0 aliphatic heterocycles. The predicted octanol–water partition coefficient (Wildman–Crippen LogP) is 2.81. The topological polar surface area (TPSA) is 45.0 Å². The molecule has 0 aliphatic carbocycles. The zero-order valence-electron chi connectivity index (χ0n) is 10.7. The largest absolute Gasteiger partial charge is 0.493 e. The molecule has 0 fully saturated rings. The van der Waals surface area contributed by atoms with E-state index >= 15 is 0 Å². The summed E-state index contributed by atoms with van der Waals surface area (Å²) in [5, 5.41) is 11.6. The lowest BCUT2D eigenvalue weighted by atomic mass is 10.1. The van der Waals surface area contributed by atoms with Gasteiger partial charge < -0.3 is 10.1 Å². The Labute approximate surface area is 110 Å². The number of benzene rings is 1. The molecule has 1 aromatic rings. The van der Waals surface area contributed by atoms with Gasteiger partial charge in [-0.25, -0.2) is 0 Å². The summed E-state index contributed by atoms with van der Waals surface area (Å²) in [6.07, 6.45) is -4.53. The van der Waals surface area contributed by atoms with Gasteiger partial charge in [-0.2, -0.15) is 18.4 Å². The molecule has 0 spiro atoms. The third-order valence-electron chi connectivity index (χ3n) is 2.49. The molecular weight excluding hydrogens is 257 g/mol. The summed E-state index contributed by atoms with van der Waals surface area (Å²) in [5.74, 6) is -0.156. The molecule has 1 rings (SSSR count). The van der Waals surface area contributed by atoms with Crippen LogP contribution in [0.1, 0.15) is 18.1 Å². The van der Waals surface area contributed by atoms with Crippen molar-refractivity contribution in [1.29, 1.82) is 5.26 Å². The Bertz CT molecular complexity index is 466. The number of alkyl halides is 3. The van der Waals surface area contributed by atoms with Crippen molar-refractivity contribution in [3.05, 3.63) is 29.3 Å². The van der Waals surface area contributed by atoms with Crippen LogP contribution in [0.3, 0.4) is 0 Å². The van der Waals surface area contributed by atoms with Crippen molar-refractivity contribution < 1.29 is 17.9 Å². The Kier molecular flexibility index (Phi) is 5.19. The third-order valence-corrected chi connectivity index (χ3v) is 2.49. The van der Waals surface area contributed by atoms with Crippen molar-refractivity contribution in [3.63, 3.8) is 0 Å². The molecule has 1 aromatic carbocycles. The quantitative estimate of drug-likeness (QED) is 0.896. The van der Waals surface area contributed by atoms with E-state index in [2.05, 4.69) is 5.32 Å². The molecule has 0 aliphatic rings. The summed E-state index contributed by atoms with van der Waals surface area (Å²) in [5.41, 5.74) is -0.953. The third kappa shape index (κ3) is 4.45. The fourth-order valence-corrected chi connectivity index (χ4v) is 1.59. The van der Waals surface area contributed by atoms with Gasteiger partial charge in [-0.3, -0.25) is 0 Å². The lowest BCUT2D eigenvalue weighted by Gasteiger charge is -2.17. The summed E-state index contributed by atoms with van der Waals surface area (Å²) in [6.45, 7) is 2.70. The maximum atomic E-state index is 12.8. The SMILES string of the molecule is CNCC(C)COc1ccc(C#N)cc1C(F)(F)F. The summed E-state index contributed by atoms with van der Waals surface area (Å²) in [6, 6.07) is 4.99. The molecule has 0 saturated heterocycles. The van der Waals surface area contributed by atoms with E-state index in [1.54, 1.807) is 13.1 Å². The highest BCUT2D eigenvalue weighted by molar-refractivity contribution is 5.43. The molecule has 6 heteroatoms. The molecule has 19 heavy (non-hydrogen) atoms. The fourth-order valence-electron chi connectivity index (χ4n) is 1.59. The van der Waals surface area contributed by atoms with Gasteiger partial charge in [-0.15, -0.1) is 0 Å². The molecule has 1 atom stereocenters. The normalized spacial score (nSPS) is 12.8. The molecular formula is C13H15F3N2O. The first-order chi connectivity index (χ1) is 8.88. The molecule has 0 saturated carbocycles. The average molecular weight is 272 g/mol. The van der Waals surface area contributed by atoms with Gasteiger partial charge in [0.25, 0.3) is 0 Å². The minimum atomic E-state index is -4.53. The number of nitriles is 1. The molecule has 1 N–H and O–H groups in total. The Balaban J connectivity index is 2.91. The van der Waals surface area contributed by atoms with E-state index in [4.69, 9.17) is 10.00 Å². The number of halogens is 3. The van der Waals surface area contributed by atoms with Crippen molar-refractivity contribution in [2.75, 3.05) is 20.2 Å². The van der Waals surface area contributed by atoms with Gasteiger partial charge >= 0.3 is 6.18 Å². The molecule has 1 unspecified atom stereocenters. The van der Waals surface area contributed by atoms with E-state index in [-0.39, 0.29) is 23.8 Å². The van der Waals surface area contributed by atoms with Crippen molar-refractivity contribution in [2.45, 2.75) is 13.1 Å². The van der Waals surface area contributed by atoms with E-state index in [0.717, 1.165) is 6.07 Å². The van der Waals surface area contributed by atoms with Crippen LogP contribution >= 0.6 is 0 Å². The molecule has 0 radical (unpaired) electrons. The van der Waals surface area contributed by atoms with Crippen LogP contribution in [0.2, 0.25) is 0 Å². The van der Waals surface area contributed by atoms with Crippen LogP contribution in [0.4, 0.5) is 13.2 Å². The predicted molar refractivity (Wildman–Crippen MR) is 64.7 cm³/mol. The second-order valence-electron chi connectivity index (χ2n) is 4.29. The second kappa shape index (κ2) is 6.43. The van der Waals surface area contributed by atoms with Crippen LogP contribution in [-0.2, 0) is 6.18 Å². The van der Waals surface area contributed by atoms with Crippen LogP contribution < -0.4 is 10.1 Å². The highest BCUT2D eigenvalue weighted by atomic mass is 19.4. The molecule has 0 bridgehead atoms. The number of nitrogens with zero attached hydrogens (tertiary/aromatic N) is 1. The fraction of sp³-hybridized carbons (Fsp3) is 0.462. The van der Waals surface area contributed by atoms with Gasteiger partial charge in [0.2, 0.25) is 0 Å². The highest BCUT2D eigenvalue weighted by Gasteiger charge is 2.34. The van der Waals surface area contributed by atoms with Gasteiger partial charge in [0.1, 0.15) is 5.75 Å². The monoisotopic (exact) mass is 272 g/mol. The van der Waals surface area contributed by atoms with Crippen molar-refractivity contribution >= 4 is 0 Å². The van der Waals surface area contributed by atoms with Gasteiger partial charge in [-0.1, -0.05) is 6.92 Å². The minimum Gasteiger partial charge on any atom is -0.493 e. The van der Waals surface area contributed by atoms with Crippen LogP contribution in [0, 0.1) is 17.2 Å². The summed E-state index contributed by atoms with van der Waals surface area (Å²) < 4.78 is 43.7. The van der Waals surface area contributed by atoms with Crippen LogP contribution in [0.5, 0.6) is 5.75 Å². The first kappa shape index (κ1) is 15.3. The minimum absolute atomic E-state index is 0.0389. The molecule has 3 nitrogen and oxygen atoms in total. The maximum Gasteiger partial charge on any atom is 0.420 e.